The first-order chi connectivity index (χ1) is 14.1. The lowest BCUT2D eigenvalue weighted by atomic mass is 10.0. The van der Waals surface area contributed by atoms with Crippen molar-refractivity contribution >= 4 is 29.2 Å². The molecule has 29 heavy (non-hydrogen) atoms. The van der Waals surface area contributed by atoms with Crippen LogP contribution in [0.25, 0.3) is 0 Å². The van der Waals surface area contributed by atoms with E-state index in [1.54, 1.807) is 0 Å². The lowest BCUT2D eigenvalue weighted by Crippen LogP contribution is -2.48. The first-order valence-corrected chi connectivity index (χ1v) is 9.63. The summed E-state index contributed by atoms with van der Waals surface area (Å²) >= 11 is 5.06. The summed E-state index contributed by atoms with van der Waals surface area (Å²) in [6.45, 7) is 0.337. The highest BCUT2D eigenvalue weighted by molar-refractivity contribution is 7.80. The number of hydrazine groups is 1. The topological polar surface area (TPSA) is 88.7 Å². The van der Waals surface area contributed by atoms with Crippen LogP contribution < -0.4 is 20.9 Å². The molecule has 2 rings (SSSR count). The highest BCUT2D eigenvalue weighted by Gasteiger charge is 2.08. The van der Waals surface area contributed by atoms with Crippen LogP contribution in [0.1, 0.15) is 24.0 Å². The van der Waals surface area contributed by atoms with E-state index in [9.17, 15) is 9.59 Å². The minimum Gasteiger partial charge on any atom is -0.483 e. The van der Waals surface area contributed by atoms with Gasteiger partial charge in [-0.05, 0) is 35.8 Å². The van der Waals surface area contributed by atoms with Gasteiger partial charge in [0.25, 0.3) is 5.91 Å². The molecule has 0 atom stereocenters. The molecule has 1 amide bonds. The van der Waals surface area contributed by atoms with E-state index in [0.717, 1.165) is 12.0 Å². The molecule has 0 saturated carbocycles. The Bertz CT molecular complexity index is 815. The molecular weight excluding hydrogens is 390 g/mol. The predicted octanol–water partition coefficient (Wildman–Crippen LogP) is 2.10. The zero-order chi connectivity index (χ0) is 20.9. The first-order valence-electron chi connectivity index (χ1n) is 9.22. The standard InChI is InChI=1S/C21H25N3O4S/c1-27-20(26)12-7-13-22-21(29)24-23-19(25)15-28-18-11-6-5-10-17(18)14-16-8-3-2-4-9-16/h2-6,8-11H,7,12-15H2,1H3,(H,23,25)(H2,22,24,29). The van der Waals surface area contributed by atoms with E-state index < -0.39 is 0 Å². The van der Waals surface area contributed by atoms with Crippen molar-refractivity contribution in [1.29, 1.82) is 0 Å². The lowest BCUT2D eigenvalue weighted by Gasteiger charge is -2.13. The van der Waals surface area contributed by atoms with Crippen molar-refractivity contribution < 1.29 is 19.1 Å². The third kappa shape index (κ3) is 8.61. The zero-order valence-corrected chi connectivity index (χ0v) is 17.1. The van der Waals surface area contributed by atoms with Gasteiger partial charge >= 0.3 is 5.97 Å². The highest BCUT2D eigenvalue weighted by Crippen LogP contribution is 2.21. The zero-order valence-electron chi connectivity index (χ0n) is 16.3. The number of hydrogen-bond donors (Lipinski definition) is 3. The van der Waals surface area contributed by atoms with Crippen LogP contribution in [-0.4, -0.2) is 37.3 Å². The largest absolute Gasteiger partial charge is 0.483 e. The molecule has 0 aromatic heterocycles. The molecule has 154 valence electrons. The number of hydrogen-bond acceptors (Lipinski definition) is 5. The van der Waals surface area contributed by atoms with Crippen LogP contribution in [0.4, 0.5) is 0 Å². The van der Waals surface area contributed by atoms with Crippen LogP contribution >= 0.6 is 12.2 Å². The van der Waals surface area contributed by atoms with Gasteiger partial charge < -0.3 is 14.8 Å². The number of thiocarbonyl (C=S) groups is 1. The van der Waals surface area contributed by atoms with E-state index in [2.05, 4.69) is 20.9 Å². The maximum absolute atomic E-state index is 12.0. The summed E-state index contributed by atoms with van der Waals surface area (Å²) in [6, 6.07) is 17.7. The number of methoxy groups -OCH3 is 1. The number of para-hydroxylation sites is 1. The summed E-state index contributed by atoms with van der Waals surface area (Å²) in [4.78, 5) is 23.0. The molecule has 3 N–H and O–H groups in total. The fourth-order valence-corrected chi connectivity index (χ4v) is 2.65. The first kappa shape index (κ1) is 22.2. The lowest BCUT2D eigenvalue weighted by molar-refractivity contribution is -0.140. The Kier molecular flexibility index (Phi) is 9.44. The smallest absolute Gasteiger partial charge is 0.305 e. The van der Waals surface area contributed by atoms with E-state index in [1.165, 1.54) is 12.7 Å². The van der Waals surface area contributed by atoms with Gasteiger partial charge in [-0.2, -0.15) is 0 Å². The molecule has 0 aliphatic heterocycles. The fourth-order valence-electron chi connectivity index (χ4n) is 2.49. The molecule has 0 fully saturated rings. The SMILES string of the molecule is COC(=O)CCCNC(=S)NNC(=O)COc1ccccc1Cc1ccccc1. The summed E-state index contributed by atoms with van der Waals surface area (Å²) in [6.07, 6.45) is 1.59. The van der Waals surface area contributed by atoms with Gasteiger partial charge in [0.15, 0.2) is 11.7 Å². The number of carbonyl (C=O) groups excluding carboxylic acids is 2. The van der Waals surface area contributed by atoms with Crippen LogP contribution in [0.2, 0.25) is 0 Å². The third-order valence-corrected chi connectivity index (χ3v) is 4.20. The quantitative estimate of drug-likeness (QED) is 0.250. The van der Waals surface area contributed by atoms with Crippen molar-refractivity contribution in [1.82, 2.24) is 16.2 Å². The van der Waals surface area contributed by atoms with Gasteiger partial charge in [-0.25, -0.2) is 0 Å². The Labute approximate surface area is 175 Å². The van der Waals surface area contributed by atoms with E-state index in [1.807, 2.05) is 54.6 Å². The molecule has 0 heterocycles. The average molecular weight is 416 g/mol. The predicted molar refractivity (Wildman–Crippen MR) is 114 cm³/mol. The molecule has 7 nitrogen and oxygen atoms in total. The van der Waals surface area contributed by atoms with Gasteiger partial charge in [-0.1, -0.05) is 48.5 Å². The van der Waals surface area contributed by atoms with Crippen molar-refractivity contribution in [3.63, 3.8) is 0 Å². The molecule has 0 bridgehead atoms. The second kappa shape index (κ2) is 12.4. The number of benzene rings is 2. The number of ether oxygens (including phenoxy) is 2. The van der Waals surface area contributed by atoms with Gasteiger partial charge in [-0.15, -0.1) is 0 Å². The molecule has 2 aromatic carbocycles. The summed E-state index contributed by atoms with van der Waals surface area (Å²) < 4.78 is 10.2. The summed E-state index contributed by atoms with van der Waals surface area (Å²) in [5, 5.41) is 3.14. The normalized spacial score (nSPS) is 9.97. The molecule has 0 aliphatic rings. The van der Waals surface area contributed by atoms with Gasteiger partial charge in [-0.3, -0.25) is 20.4 Å². The number of esters is 1. The summed E-state index contributed by atoms with van der Waals surface area (Å²) in [5.41, 5.74) is 7.24. The van der Waals surface area contributed by atoms with Crippen LogP contribution in [0.15, 0.2) is 54.6 Å². The molecule has 0 aliphatic carbocycles. The minimum atomic E-state index is -0.363. The van der Waals surface area contributed by atoms with Crippen LogP contribution in [0.5, 0.6) is 5.75 Å². The monoisotopic (exact) mass is 415 g/mol. The van der Waals surface area contributed by atoms with Crippen LogP contribution in [-0.2, 0) is 20.7 Å². The molecule has 0 spiro atoms. The maximum atomic E-state index is 12.0. The second-order valence-electron chi connectivity index (χ2n) is 6.17. The average Bonchev–Trinajstić information content (AvgIpc) is 2.75. The minimum absolute atomic E-state index is 0.149. The number of amides is 1. The third-order valence-electron chi connectivity index (χ3n) is 3.96. The maximum Gasteiger partial charge on any atom is 0.305 e. The number of rotatable bonds is 9. The molecule has 8 heteroatoms. The van der Waals surface area contributed by atoms with Crippen molar-refractivity contribution in [2.24, 2.45) is 0 Å². The summed E-state index contributed by atoms with van der Waals surface area (Å²) in [5.74, 6) is 0.0249. The van der Waals surface area contributed by atoms with Crippen molar-refractivity contribution in [2.45, 2.75) is 19.3 Å². The van der Waals surface area contributed by atoms with E-state index in [0.29, 0.717) is 25.1 Å². The molecular formula is C21H25N3O4S. The Morgan fingerprint density at radius 1 is 1.00 bits per heavy atom. The second-order valence-corrected chi connectivity index (χ2v) is 6.58. The summed E-state index contributed by atoms with van der Waals surface area (Å²) in [7, 11) is 1.35. The van der Waals surface area contributed by atoms with Gasteiger partial charge in [0, 0.05) is 19.4 Å². The van der Waals surface area contributed by atoms with E-state index >= 15 is 0 Å². The van der Waals surface area contributed by atoms with E-state index in [-0.39, 0.29) is 23.6 Å². The van der Waals surface area contributed by atoms with Crippen molar-refractivity contribution in [3.8, 4) is 5.75 Å². The van der Waals surface area contributed by atoms with Gasteiger partial charge in [0.2, 0.25) is 0 Å². The Morgan fingerprint density at radius 3 is 2.48 bits per heavy atom. The van der Waals surface area contributed by atoms with E-state index in [4.69, 9.17) is 17.0 Å². The number of carbonyl (C=O) groups is 2. The van der Waals surface area contributed by atoms with Crippen LogP contribution in [0.3, 0.4) is 0 Å². The molecule has 0 saturated heterocycles. The van der Waals surface area contributed by atoms with Gasteiger partial charge in [0.1, 0.15) is 5.75 Å². The fraction of sp³-hybridized carbons (Fsp3) is 0.286. The number of nitrogens with one attached hydrogen (secondary N) is 3. The van der Waals surface area contributed by atoms with Crippen molar-refractivity contribution in [2.75, 3.05) is 20.3 Å². The molecule has 0 unspecified atom stereocenters. The van der Waals surface area contributed by atoms with Crippen LogP contribution in [0, 0.1) is 0 Å². The Morgan fingerprint density at radius 2 is 1.72 bits per heavy atom. The van der Waals surface area contributed by atoms with Crippen molar-refractivity contribution in [3.05, 3.63) is 65.7 Å². The highest BCUT2D eigenvalue weighted by atomic mass is 32.1. The van der Waals surface area contributed by atoms with Gasteiger partial charge in [0.05, 0.1) is 7.11 Å². The molecule has 0 radical (unpaired) electrons. The Hall–Kier alpha value is -3.13. The Balaban J connectivity index is 1.71. The molecule has 2 aromatic rings.